The van der Waals surface area contributed by atoms with Crippen LogP contribution in [0.5, 0.6) is 0 Å². The molecule has 0 saturated heterocycles. The molecule has 0 heterocycles. The van der Waals surface area contributed by atoms with Crippen molar-refractivity contribution in [2.45, 2.75) is 20.3 Å². The zero-order chi connectivity index (χ0) is 7.28. The highest BCUT2D eigenvalue weighted by atomic mass is 16.2. The van der Waals surface area contributed by atoms with Gasteiger partial charge in [-0.15, -0.1) is 0 Å². The lowest BCUT2D eigenvalue weighted by Gasteiger charge is -1.97. The molecule has 0 aliphatic rings. The van der Waals surface area contributed by atoms with Crippen molar-refractivity contribution in [2.24, 2.45) is 0 Å². The summed E-state index contributed by atoms with van der Waals surface area (Å²) in [4.78, 5) is 0. The van der Waals surface area contributed by atoms with Crippen molar-refractivity contribution in [1.82, 2.24) is 0 Å². The van der Waals surface area contributed by atoms with E-state index >= 15 is 0 Å². The first-order valence-electron chi connectivity index (χ1n) is 3.07. The minimum Gasteiger partial charge on any atom is -0.392 e. The molecule has 0 aromatic rings. The Morgan fingerprint density at radius 2 is 2.11 bits per heavy atom. The molecule has 0 aromatic carbocycles. The van der Waals surface area contributed by atoms with E-state index in [9.17, 15) is 0 Å². The fraction of sp³-hybridized carbons (Fsp3) is 0.500. The topological polar surface area (TPSA) is 20.2 Å². The van der Waals surface area contributed by atoms with Crippen molar-refractivity contribution in [3.63, 3.8) is 0 Å². The average molecular weight is 126 g/mol. The van der Waals surface area contributed by atoms with Crippen LogP contribution in [0, 0.1) is 0 Å². The molecular weight excluding hydrogens is 112 g/mol. The van der Waals surface area contributed by atoms with Gasteiger partial charge in [-0.25, -0.2) is 0 Å². The molecule has 0 radical (unpaired) electrons. The van der Waals surface area contributed by atoms with Crippen LogP contribution in [0.4, 0.5) is 0 Å². The van der Waals surface area contributed by atoms with E-state index in [1.165, 1.54) is 5.57 Å². The SMILES string of the molecule is C=C(C)C/C(C)=C/CO. The Hall–Kier alpha value is -0.560. The Morgan fingerprint density at radius 1 is 1.56 bits per heavy atom. The maximum Gasteiger partial charge on any atom is 0.0615 e. The summed E-state index contributed by atoms with van der Waals surface area (Å²) in [6.45, 7) is 7.86. The van der Waals surface area contributed by atoms with Crippen LogP contribution in [0.25, 0.3) is 0 Å². The third-order valence-corrected chi connectivity index (χ3v) is 1.02. The first-order valence-corrected chi connectivity index (χ1v) is 3.07. The predicted molar refractivity (Wildman–Crippen MR) is 40.3 cm³/mol. The first-order chi connectivity index (χ1) is 4.16. The third-order valence-electron chi connectivity index (χ3n) is 1.02. The molecule has 0 saturated carbocycles. The van der Waals surface area contributed by atoms with Crippen LogP contribution in [0.15, 0.2) is 23.8 Å². The smallest absolute Gasteiger partial charge is 0.0615 e. The highest BCUT2D eigenvalue weighted by molar-refractivity contribution is 5.08. The largest absolute Gasteiger partial charge is 0.392 e. The second kappa shape index (κ2) is 4.33. The summed E-state index contributed by atoms with van der Waals surface area (Å²) in [5.74, 6) is 0. The van der Waals surface area contributed by atoms with Crippen molar-refractivity contribution in [1.29, 1.82) is 0 Å². The summed E-state index contributed by atoms with van der Waals surface area (Å²) in [6, 6.07) is 0. The molecular formula is C8H14O. The Morgan fingerprint density at radius 3 is 2.44 bits per heavy atom. The van der Waals surface area contributed by atoms with E-state index < -0.39 is 0 Å². The molecule has 0 amide bonds. The third kappa shape index (κ3) is 5.31. The van der Waals surface area contributed by atoms with Gasteiger partial charge in [-0.05, 0) is 20.3 Å². The minimum absolute atomic E-state index is 0.138. The fourth-order valence-electron chi connectivity index (χ4n) is 0.704. The van der Waals surface area contributed by atoms with Crippen molar-refractivity contribution in [3.8, 4) is 0 Å². The summed E-state index contributed by atoms with van der Waals surface area (Å²) >= 11 is 0. The number of rotatable bonds is 3. The maximum absolute atomic E-state index is 8.44. The standard InChI is InChI=1S/C8H14O/c1-7(2)6-8(3)4-5-9/h4,9H,1,5-6H2,2-3H3/b8-4+. The molecule has 52 valence electrons. The van der Waals surface area contributed by atoms with Gasteiger partial charge in [-0.2, -0.15) is 0 Å². The van der Waals surface area contributed by atoms with Gasteiger partial charge in [0.15, 0.2) is 0 Å². The molecule has 0 aliphatic carbocycles. The summed E-state index contributed by atoms with van der Waals surface area (Å²) in [5, 5.41) is 8.44. The maximum atomic E-state index is 8.44. The van der Waals surface area contributed by atoms with Crippen LogP contribution in [0.1, 0.15) is 20.3 Å². The van der Waals surface area contributed by atoms with Crippen LogP contribution in [-0.4, -0.2) is 11.7 Å². The van der Waals surface area contributed by atoms with E-state index in [1.807, 2.05) is 13.8 Å². The lowest BCUT2D eigenvalue weighted by molar-refractivity contribution is 0.341. The second-order valence-corrected chi connectivity index (χ2v) is 2.37. The summed E-state index contributed by atoms with van der Waals surface area (Å²) in [5.41, 5.74) is 2.32. The summed E-state index contributed by atoms with van der Waals surface area (Å²) in [7, 11) is 0. The van der Waals surface area contributed by atoms with Gasteiger partial charge in [-0.3, -0.25) is 0 Å². The van der Waals surface area contributed by atoms with Gasteiger partial charge in [0.2, 0.25) is 0 Å². The van der Waals surface area contributed by atoms with Gasteiger partial charge in [0.1, 0.15) is 0 Å². The van der Waals surface area contributed by atoms with Crippen LogP contribution in [0.3, 0.4) is 0 Å². The van der Waals surface area contributed by atoms with E-state index in [0.29, 0.717) is 0 Å². The average Bonchev–Trinajstić information content (AvgIpc) is 1.63. The van der Waals surface area contributed by atoms with E-state index in [2.05, 4.69) is 6.58 Å². The van der Waals surface area contributed by atoms with Crippen LogP contribution in [0.2, 0.25) is 0 Å². The Labute approximate surface area is 56.7 Å². The highest BCUT2D eigenvalue weighted by Gasteiger charge is 1.87. The highest BCUT2D eigenvalue weighted by Crippen LogP contribution is 2.05. The van der Waals surface area contributed by atoms with Crippen molar-refractivity contribution in [3.05, 3.63) is 23.8 Å². The van der Waals surface area contributed by atoms with E-state index in [0.717, 1.165) is 12.0 Å². The monoisotopic (exact) mass is 126 g/mol. The van der Waals surface area contributed by atoms with Crippen LogP contribution >= 0.6 is 0 Å². The zero-order valence-electron chi connectivity index (χ0n) is 6.15. The molecule has 0 unspecified atom stereocenters. The lowest BCUT2D eigenvalue weighted by atomic mass is 10.1. The van der Waals surface area contributed by atoms with Gasteiger partial charge in [0.25, 0.3) is 0 Å². The molecule has 1 heteroatoms. The van der Waals surface area contributed by atoms with E-state index in [1.54, 1.807) is 6.08 Å². The number of hydrogen-bond donors (Lipinski definition) is 1. The van der Waals surface area contributed by atoms with Crippen LogP contribution < -0.4 is 0 Å². The quantitative estimate of drug-likeness (QED) is 0.572. The number of aliphatic hydroxyl groups excluding tert-OH is 1. The Bertz CT molecular complexity index is 123. The van der Waals surface area contributed by atoms with Crippen molar-refractivity contribution < 1.29 is 5.11 Å². The molecule has 0 bridgehead atoms. The molecule has 0 spiro atoms. The zero-order valence-corrected chi connectivity index (χ0v) is 6.15. The Balaban J connectivity index is 3.62. The molecule has 1 nitrogen and oxygen atoms in total. The van der Waals surface area contributed by atoms with Gasteiger partial charge in [0, 0.05) is 0 Å². The number of allylic oxidation sites excluding steroid dienone is 2. The number of hydrogen-bond acceptors (Lipinski definition) is 1. The number of aliphatic hydroxyl groups is 1. The van der Waals surface area contributed by atoms with E-state index in [-0.39, 0.29) is 6.61 Å². The normalized spacial score (nSPS) is 11.7. The van der Waals surface area contributed by atoms with Gasteiger partial charge < -0.3 is 5.11 Å². The van der Waals surface area contributed by atoms with Gasteiger partial charge in [-0.1, -0.05) is 23.8 Å². The molecule has 0 aliphatic heterocycles. The second-order valence-electron chi connectivity index (χ2n) is 2.37. The van der Waals surface area contributed by atoms with Crippen LogP contribution in [-0.2, 0) is 0 Å². The summed E-state index contributed by atoms with van der Waals surface area (Å²) < 4.78 is 0. The van der Waals surface area contributed by atoms with Gasteiger partial charge in [0.05, 0.1) is 6.61 Å². The van der Waals surface area contributed by atoms with E-state index in [4.69, 9.17) is 5.11 Å². The predicted octanol–water partition coefficient (Wildman–Crippen LogP) is 1.89. The fourth-order valence-corrected chi connectivity index (χ4v) is 0.704. The Kier molecular flexibility index (Phi) is 4.06. The molecule has 0 rings (SSSR count). The molecule has 9 heavy (non-hydrogen) atoms. The minimum atomic E-state index is 0.138. The molecule has 1 N–H and O–H groups in total. The van der Waals surface area contributed by atoms with Crippen molar-refractivity contribution in [2.75, 3.05) is 6.61 Å². The summed E-state index contributed by atoms with van der Waals surface area (Å²) in [6.07, 6.45) is 2.70. The molecule has 0 fully saturated rings. The van der Waals surface area contributed by atoms with Crippen molar-refractivity contribution >= 4 is 0 Å². The molecule has 0 aromatic heterocycles. The molecule has 0 atom stereocenters. The first kappa shape index (κ1) is 8.44. The lowest BCUT2D eigenvalue weighted by Crippen LogP contribution is -1.81. The van der Waals surface area contributed by atoms with Gasteiger partial charge >= 0.3 is 0 Å².